The van der Waals surface area contributed by atoms with Crippen LogP contribution < -0.4 is 15.4 Å². The number of nitrogens with one attached hydrogen (secondary N) is 2. The molecule has 0 aliphatic rings. The van der Waals surface area contributed by atoms with E-state index in [0.717, 1.165) is 30.2 Å². The summed E-state index contributed by atoms with van der Waals surface area (Å²) in [6.45, 7) is 2.79. The SMILES string of the molecule is CN=C(NCc1ccccc1)NCc1cccc(OCCCOC)c1.I. The molecule has 2 aromatic carbocycles. The molecule has 0 aliphatic carbocycles. The Kier molecular flexibility index (Phi) is 11.5. The van der Waals surface area contributed by atoms with Gasteiger partial charge in [-0.15, -0.1) is 24.0 Å². The lowest BCUT2D eigenvalue weighted by Gasteiger charge is -2.13. The number of halogens is 1. The molecule has 0 amide bonds. The van der Waals surface area contributed by atoms with Gasteiger partial charge in [0.1, 0.15) is 5.75 Å². The van der Waals surface area contributed by atoms with Crippen LogP contribution in [0.4, 0.5) is 0 Å². The highest BCUT2D eigenvalue weighted by molar-refractivity contribution is 14.0. The van der Waals surface area contributed by atoms with Crippen molar-refractivity contribution < 1.29 is 9.47 Å². The number of ether oxygens (including phenoxy) is 2. The Bertz CT molecular complexity index is 651. The fourth-order valence-corrected chi connectivity index (χ4v) is 2.33. The lowest BCUT2D eigenvalue weighted by Crippen LogP contribution is -2.36. The van der Waals surface area contributed by atoms with Crippen LogP contribution in [-0.4, -0.2) is 33.3 Å². The predicted octanol–water partition coefficient (Wildman–Crippen LogP) is 3.59. The second-order valence-electron chi connectivity index (χ2n) is 5.61. The molecule has 0 aliphatic heterocycles. The molecule has 0 spiro atoms. The highest BCUT2D eigenvalue weighted by Crippen LogP contribution is 2.13. The summed E-state index contributed by atoms with van der Waals surface area (Å²) in [5, 5.41) is 6.64. The van der Waals surface area contributed by atoms with E-state index in [0.29, 0.717) is 19.8 Å². The summed E-state index contributed by atoms with van der Waals surface area (Å²) in [5.41, 5.74) is 2.36. The van der Waals surface area contributed by atoms with Gasteiger partial charge < -0.3 is 20.1 Å². The molecule has 0 bridgehead atoms. The number of rotatable bonds is 9. The molecule has 5 nitrogen and oxygen atoms in total. The summed E-state index contributed by atoms with van der Waals surface area (Å²) in [5.74, 6) is 1.65. The van der Waals surface area contributed by atoms with Crippen LogP contribution in [0.25, 0.3) is 0 Å². The first kappa shape index (κ1) is 22.2. The number of aliphatic imine (C=N–C) groups is 1. The van der Waals surface area contributed by atoms with Crippen molar-refractivity contribution in [3.8, 4) is 5.75 Å². The van der Waals surface area contributed by atoms with Crippen LogP contribution in [0.5, 0.6) is 5.75 Å². The van der Waals surface area contributed by atoms with Crippen LogP contribution in [0.2, 0.25) is 0 Å². The Hall–Kier alpha value is -1.80. The Morgan fingerprint density at radius 2 is 1.62 bits per heavy atom. The molecule has 2 aromatic rings. The molecular formula is C20H28IN3O2. The number of hydrogen-bond acceptors (Lipinski definition) is 3. The third-order valence-corrected chi connectivity index (χ3v) is 3.65. The van der Waals surface area contributed by atoms with Gasteiger partial charge in [-0.1, -0.05) is 42.5 Å². The largest absolute Gasteiger partial charge is 0.493 e. The van der Waals surface area contributed by atoms with Crippen molar-refractivity contribution in [3.05, 3.63) is 65.7 Å². The van der Waals surface area contributed by atoms with Gasteiger partial charge in [-0.2, -0.15) is 0 Å². The van der Waals surface area contributed by atoms with Gasteiger partial charge in [0.15, 0.2) is 5.96 Å². The summed E-state index contributed by atoms with van der Waals surface area (Å²) in [4.78, 5) is 4.26. The van der Waals surface area contributed by atoms with E-state index in [-0.39, 0.29) is 24.0 Å². The van der Waals surface area contributed by atoms with Gasteiger partial charge in [-0.05, 0) is 23.3 Å². The van der Waals surface area contributed by atoms with Crippen LogP contribution in [0.3, 0.4) is 0 Å². The van der Waals surface area contributed by atoms with Gasteiger partial charge in [0.25, 0.3) is 0 Å². The fourth-order valence-electron chi connectivity index (χ4n) is 2.33. The van der Waals surface area contributed by atoms with Crippen molar-refractivity contribution in [3.63, 3.8) is 0 Å². The smallest absolute Gasteiger partial charge is 0.191 e. The fraction of sp³-hybridized carbons (Fsp3) is 0.350. The molecule has 0 heterocycles. The molecule has 0 fully saturated rings. The normalized spacial score (nSPS) is 10.8. The Morgan fingerprint density at radius 1 is 0.923 bits per heavy atom. The van der Waals surface area contributed by atoms with Gasteiger partial charge >= 0.3 is 0 Å². The first-order valence-electron chi connectivity index (χ1n) is 8.51. The van der Waals surface area contributed by atoms with Crippen LogP contribution in [-0.2, 0) is 17.8 Å². The van der Waals surface area contributed by atoms with E-state index in [4.69, 9.17) is 9.47 Å². The predicted molar refractivity (Wildman–Crippen MR) is 117 cm³/mol. The van der Waals surface area contributed by atoms with Crippen molar-refractivity contribution in [2.45, 2.75) is 19.5 Å². The van der Waals surface area contributed by atoms with Crippen LogP contribution in [0, 0.1) is 0 Å². The van der Waals surface area contributed by atoms with E-state index in [9.17, 15) is 0 Å². The zero-order valence-electron chi connectivity index (χ0n) is 15.4. The number of methoxy groups -OCH3 is 1. The Morgan fingerprint density at radius 3 is 2.31 bits per heavy atom. The second kappa shape index (κ2) is 13.4. The molecule has 0 saturated heterocycles. The summed E-state index contributed by atoms with van der Waals surface area (Å²) >= 11 is 0. The standard InChI is InChI=1S/C20H27N3O2.HI/c1-21-20(22-15-17-8-4-3-5-9-17)23-16-18-10-6-11-19(14-18)25-13-7-12-24-2;/h3-6,8-11,14H,7,12-13,15-16H2,1-2H3,(H2,21,22,23);1H. The van der Waals surface area contributed by atoms with Gasteiger partial charge in [0, 0.05) is 40.3 Å². The molecule has 0 aromatic heterocycles. The van der Waals surface area contributed by atoms with E-state index >= 15 is 0 Å². The first-order valence-corrected chi connectivity index (χ1v) is 8.51. The summed E-state index contributed by atoms with van der Waals surface area (Å²) < 4.78 is 10.8. The molecule has 142 valence electrons. The van der Waals surface area contributed by atoms with E-state index < -0.39 is 0 Å². The monoisotopic (exact) mass is 469 g/mol. The maximum Gasteiger partial charge on any atom is 0.191 e. The minimum atomic E-state index is 0. The van der Waals surface area contributed by atoms with Crippen molar-refractivity contribution in [1.29, 1.82) is 0 Å². The zero-order chi connectivity index (χ0) is 17.7. The quantitative estimate of drug-likeness (QED) is 0.255. The lowest BCUT2D eigenvalue weighted by molar-refractivity contribution is 0.172. The molecule has 0 unspecified atom stereocenters. The summed E-state index contributed by atoms with van der Waals surface area (Å²) in [7, 11) is 3.47. The van der Waals surface area contributed by atoms with E-state index in [1.165, 1.54) is 5.56 Å². The lowest BCUT2D eigenvalue weighted by atomic mass is 10.2. The Labute approximate surface area is 173 Å². The van der Waals surface area contributed by atoms with E-state index in [1.54, 1.807) is 14.2 Å². The highest BCUT2D eigenvalue weighted by atomic mass is 127. The molecule has 0 saturated carbocycles. The van der Waals surface area contributed by atoms with Crippen molar-refractivity contribution >= 4 is 29.9 Å². The van der Waals surface area contributed by atoms with E-state index in [2.05, 4.69) is 33.8 Å². The van der Waals surface area contributed by atoms with Crippen LogP contribution in [0.15, 0.2) is 59.6 Å². The molecule has 2 N–H and O–H groups in total. The first-order chi connectivity index (χ1) is 12.3. The molecule has 0 atom stereocenters. The number of nitrogens with zero attached hydrogens (tertiary/aromatic N) is 1. The van der Waals surface area contributed by atoms with Crippen LogP contribution >= 0.6 is 24.0 Å². The second-order valence-corrected chi connectivity index (χ2v) is 5.61. The van der Waals surface area contributed by atoms with E-state index in [1.807, 2.05) is 36.4 Å². The summed E-state index contributed by atoms with van der Waals surface area (Å²) in [6, 6.07) is 18.3. The maximum absolute atomic E-state index is 5.73. The molecule has 6 heteroatoms. The number of guanidine groups is 1. The average molecular weight is 469 g/mol. The number of hydrogen-bond donors (Lipinski definition) is 2. The maximum atomic E-state index is 5.73. The van der Waals surface area contributed by atoms with Crippen molar-refractivity contribution in [2.24, 2.45) is 4.99 Å². The van der Waals surface area contributed by atoms with Crippen molar-refractivity contribution in [2.75, 3.05) is 27.4 Å². The van der Waals surface area contributed by atoms with Gasteiger partial charge in [-0.25, -0.2) is 0 Å². The third kappa shape index (κ3) is 8.53. The number of benzene rings is 2. The third-order valence-electron chi connectivity index (χ3n) is 3.65. The van der Waals surface area contributed by atoms with Crippen molar-refractivity contribution in [1.82, 2.24) is 10.6 Å². The average Bonchev–Trinajstić information content (AvgIpc) is 2.66. The molecule has 2 rings (SSSR count). The minimum Gasteiger partial charge on any atom is -0.493 e. The van der Waals surface area contributed by atoms with Gasteiger partial charge in [0.05, 0.1) is 6.61 Å². The van der Waals surface area contributed by atoms with Gasteiger partial charge in [0.2, 0.25) is 0 Å². The topological polar surface area (TPSA) is 54.9 Å². The summed E-state index contributed by atoms with van der Waals surface area (Å²) in [6.07, 6.45) is 0.884. The minimum absolute atomic E-state index is 0. The molecule has 0 radical (unpaired) electrons. The Balaban J connectivity index is 0.00000338. The van der Waals surface area contributed by atoms with Crippen LogP contribution in [0.1, 0.15) is 17.5 Å². The molecular weight excluding hydrogens is 441 g/mol. The highest BCUT2D eigenvalue weighted by Gasteiger charge is 2.01. The zero-order valence-corrected chi connectivity index (χ0v) is 17.7. The van der Waals surface area contributed by atoms with Gasteiger partial charge in [-0.3, -0.25) is 4.99 Å². The molecule has 26 heavy (non-hydrogen) atoms.